The van der Waals surface area contributed by atoms with Crippen LogP contribution in [0.3, 0.4) is 0 Å². The number of halogens is 2. The maximum Gasteiger partial charge on any atom is 0.240 e. The second-order valence-electron chi connectivity index (χ2n) is 6.23. The molecule has 2 saturated heterocycles. The number of carbonyl (C=O) groups excluding carboxylic acids is 1. The van der Waals surface area contributed by atoms with Crippen LogP contribution in [0.25, 0.3) is 0 Å². The Kier molecular flexibility index (Phi) is 7.20. The minimum atomic E-state index is -0.195. The van der Waals surface area contributed by atoms with E-state index in [0.717, 1.165) is 25.6 Å². The highest BCUT2D eigenvalue weighted by atomic mass is 35.5. The summed E-state index contributed by atoms with van der Waals surface area (Å²) in [6, 6.07) is 1.50. The fourth-order valence-electron chi connectivity index (χ4n) is 3.39. The molecule has 1 aliphatic carbocycles. The smallest absolute Gasteiger partial charge is 0.240 e. The summed E-state index contributed by atoms with van der Waals surface area (Å²) in [6.07, 6.45) is 3.71. The van der Waals surface area contributed by atoms with Gasteiger partial charge in [-0.15, -0.1) is 24.8 Å². The number of hydrogen-bond donors (Lipinski definition) is 2. The van der Waals surface area contributed by atoms with Gasteiger partial charge in [0.05, 0.1) is 12.7 Å². The van der Waals surface area contributed by atoms with Crippen molar-refractivity contribution in [3.8, 4) is 0 Å². The lowest BCUT2D eigenvalue weighted by molar-refractivity contribution is -0.129. The lowest BCUT2D eigenvalue weighted by Crippen LogP contribution is -2.57. The Morgan fingerprint density at radius 1 is 1.29 bits per heavy atom. The van der Waals surface area contributed by atoms with Crippen LogP contribution in [0, 0.1) is 0 Å². The van der Waals surface area contributed by atoms with Gasteiger partial charge in [-0.25, -0.2) is 0 Å². The molecule has 4 atom stereocenters. The number of nitrogens with zero attached hydrogens (tertiary/aromatic N) is 1. The van der Waals surface area contributed by atoms with E-state index in [9.17, 15) is 4.79 Å². The van der Waals surface area contributed by atoms with Gasteiger partial charge in [0.25, 0.3) is 0 Å². The zero-order valence-electron chi connectivity index (χ0n) is 12.7. The van der Waals surface area contributed by atoms with Crippen molar-refractivity contribution in [2.75, 3.05) is 19.7 Å². The minimum absolute atomic E-state index is 0. The molecule has 2 unspecified atom stereocenters. The van der Waals surface area contributed by atoms with Crippen LogP contribution in [0.1, 0.15) is 33.1 Å². The Morgan fingerprint density at radius 2 is 2.00 bits per heavy atom. The number of carbonyl (C=O) groups is 1. The van der Waals surface area contributed by atoms with E-state index in [2.05, 4.69) is 22.5 Å². The van der Waals surface area contributed by atoms with Crippen LogP contribution in [-0.2, 0) is 9.53 Å². The predicted octanol–water partition coefficient (Wildman–Crippen LogP) is 0.948. The molecule has 3 fully saturated rings. The van der Waals surface area contributed by atoms with Crippen LogP contribution < -0.4 is 10.6 Å². The molecule has 1 amide bonds. The van der Waals surface area contributed by atoms with Gasteiger partial charge in [-0.3, -0.25) is 9.69 Å². The van der Waals surface area contributed by atoms with Gasteiger partial charge in [-0.1, -0.05) is 0 Å². The first-order valence-corrected chi connectivity index (χ1v) is 7.56. The largest absolute Gasteiger partial charge is 0.375 e. The van der Waals surface area contributed by atoms with Crippen LogP contribution in [0.4, 0.5) is 0 Å². The van der Waals surface area contributed by atoms with E-state index in [-0.39, 0.29) is 42.9 Å². The lowest BCUT2D eigenvalue weighted by Gasteiger charge is -2.30. The van der Waals surface area contributed by atoms with Crippen molar-refractivity contribution in [2.45, 2.75) is 63.4 Å². The quantitative estimate of drug-likeness (QED) is 0.803. The lowest BCUT2D eigenvalue weighted by atomic mass is 10.1. The molecule has 0 bridgehead atoms. The molecule has 3 aliphatic rings. The van der Waals surface area contributed by atoms with E-state index < -0.39 is 0 Å². The third kappa shape index (κ3) is 4.45. The topological polar surface area (TPSA) is 53.6 Å². The number of hydrogen-bond acceptors (Lipinski definition) is 4. The Bertz CT molecular complexity index is 355. The first kappa shape index (κ1) is 19.0. The van der Waals surface area contributed by atoms with Crippen molar-refractivity contribution in [1.82, 2.24) is 15.5 Å². The summed E-state index contributed by atoms with van der Waals surface area (Å²) in [4.78, 5) is 14.8. The number of ether oxygens (including phenoxy) is 1. The van der Waals surface area contributed by atoms with Gasteiger partial charge in [0.15, 0.2) is 0 Å². The standard InChI is InChI=1S/C14H25N3O2.2ClH/c1-9-7-11(8-17(9)12-3-4-12)16-14(18)13-10(2)19-6-5-15-13;;/h9-13,15H,3-8H2,1-2H3,(H,16,18);2*1H/t9?,10-,11?,13+;;/m1../s1. The first-order chi connectivity index (χ1) is 9.15. The molecular formula is C14H27Cl2N3O2. The molecule has 2 heterocycles. The van der Waals surface area contributed by atoms with E-state index in [1.165, 1.54) is 12.8 Å². The average molecular weight is 340 g/mol. The molecule has 2 N–H and O–H groups in total. The van der Waals surface area contributed by atoms with Crippen molar-refractivity contribution in [1.29, 1.82) is 0 Å². The highest BCUT2D eigenvalue weighted by molar-refractivity contribution is 5.85. The zero-order valence-corrected chi connectivity index (χ0v) is 14.3. The molecule has 2 aliphatic heterocycles. The number of likely N-dealkylation sites (tertiary alicyclic amines) is 1. The van der Waals surface area contributed by atoms with Crippen LogP contribution in [0.5, 0.6) is 0 Å². The molecule has 0 radical (unpaired) electrons. The minimum Gasteiger partial charge on any atom is -0.375 e. The Hall–Kier alpha value is -0.0700. The van der Waals surface area contributed by atoms with Gasteiger partial charge in [-0.2, -0.15) is 0 Å². The second kappa shape index (κ2) is 7.97. The number of nitrogens with one attached hydrogen (secondary N) is 2. The maximum atomic E-state index is 12.3. The third-order valence-electron chi connectivity index (χ3n) is 4.58. The molecular weight excluding hydrogens is 313 g/mol. The van der Waals surface area contributed by atoms with Gasteiger partial charge in [0.2, 0.25) is 5.91 Å². The number of amides is 1. The summed E-state index contributed by atoms with van der Waals surface area (Å²) in [5, 5.41) is 6.45. The van der Waals surface area contributed by atoms with Gasteiger partial charge in [0.1, 0.15) is 6.04 Å². The molecule has 7 heteroatoms. The molecule has 0 aromatic rings. The molecule has 1 saturated carbocycles. The van der Waals surface area contributed by atoms with Crippen molar-refractivity contribution in [2.24, 2.45) is 0 Å². The van der Waals surface area contributed by atoms with E-state index in [1.807, 2.05) is 6.92 Å². The molecule has 0 aromatic heterocycles. The summed E-state index contributed by atoms with van der Waals surface area (Å²) in [5.41, 5.74) is 0. The summed E-state index contributed by atoms with van der Waals surface area (Å²) in [7, 11) is 0. The van der Waals surface area contributed by atoms with Crippen LogP contribution in [0.2, 0.25) is 0 Å². The van der Waals surface area contributed by atoms with E-state index >= 15 is 0 Å². The van der Waals surface area contributed by atoms with Gasteiger partial charge in [-0.05, 0) is 33.1 Å². The number of rotatable bonds is 3. The van der Waals surface area contributed by atoms with Gasteiger partial charge >= 0.3 is 0 Å². The van der Waals surface area contributed by atoms with Gasteiger partial charge < -0.3 is 15.4 Å². The molecule has 0 spiro atoms. The molecule has 5 nitrogen and oxygen atoms in total. The summed E-state index contributed by atoms with van der Waals surface area (Å²) >= 11 is 0. The first-order valence-electron chi connectivity index (χ1n) is 7.56. The number of morpholine rings is 1. The van der Waals surface area contributed by atoms with Gasteiger partial charge in [0, 0.05) is 31.2 Å². The van der Waals surface area contributed by atoms with Crippen molar-refractivity contribution >= 4 is 30.7 Å². The van der Waals surface area contributed by atoms with Crippen molar-refractivity contribution in [3.05, 3.63) is 0 Å². The zero-order chi connectivity index (χ0) is 13.4. The van der Waals surface area contributed by atoms with E-state index in [1.54, 1.807) is 0 Å². The van der Waals surface area contributed by atoms with Crippen LogP contribution in [-0.4, -0.2) is 60.8 Å². The predicted molar refractivity (Wildman–Crippen MR) is 87.4 cm³/mol. The Morgan fingerprint density at radius 3 is 2.62 bits per heavy atom. The van der Waals surface area contributed by atoms with Crippen LogP contribution in [0.15, 0.2) is 0 Å². The maximum absolute atomic E-state index is 12.3. The monoisotopic (exact) mass is 339 g/mol. The SMILES string of the molecule is CC1CC(NC(=O)[C@H]2NCCO[C@@H]2C)CN1C1CC1.Cl.Cl. The highest BCUT2D eigenvalue weighted by Crippen LogP contribution is 2.33. The Labute approximate surface area is 139 Å². The Balaban J connectivity index is 0.00000110. The summed E-state index contributed by atoms with van der Waals surface area (Å²) in [6.45, 7) is 6.71. The van der Waals surface area contributed by atoms with Crippen LogP contribution >= 0.6 is 24.8 Å². The average Bonchev–Trinajstić information content (AvgIpc) is 3.15. The normalized spacial score (nSPS) is 36.5. The fourth-order valence-corrected chi connectivity index (χ4v) is 3.39. The summed E-state index contributed by atoms with van der Waals surface area (Å²) < 4.78 is 5.53. The highest BCUT2D eigenvalue weighted by Gasteiger charge is 2.40. The third-order valence-corrected chi connectivity index (χ3v) is 4.58. The van der Waals surface area contributed by atoms with Crippen molar-refractivity contribution in [3.63, 3.8) is 0 Å². The molecule has 3 rings (SSSR count). The van der Waals surface area contributed by atoms with E-state index in [4.69, 9.17) is 4.74 Å². The molecule has 124 valence electrons. The van der Waals surface area contributed by atoms with E-state index in [0.29, 0.717) is 18.7 Å². The molecule has 0 aromatic carbocycles. The fraction of sp³-hybridized carbons (Fsp3) is 0.929. The van der Waals surface area contributed by atoms with Crippen molar-refractivity contribution < 1.29 is 9.53 Å². The molecule has 21 heavy (non-hydrogen) atoms. The second-order valence-corrected chi connectivity index (χ2v) is 6.23. The summed E-state index contributed by atoms with van der Waals surface area (Å²) in [5.74, 6) is 0.0991.